The Hall–Kier alpha value is -1.14. The van der Waals surface area contributed by atoms with Crippen molar-refractivity contribution in [2.75, 3.05) is 20.7 Å². The number of hydrogen-bond donors (Lipinski definition) is 3. The zero-order valence-corrected chi connectivity index (χ0v) is 9.46. The van der Waals surface area contributed by atoms with E-state index in [4.69, 9.17) is 0 Å². The van der Waals surface area contributed by atoms with Gasteiger partial charge in [0.05, 0.1) is 13.2 Å². The second-order valence-electron chi connectivity index (χ2n) is 3.48. The van der Waals surface area contributed by atoms with Gasteiger partial charge in [-0.25, -0.2) is 4.79 Å². The van der Waals surface area contributed by atoms with E-state index in [-0.39, 0.29) is 12.5 Å². The Balaban J connectivity index is 4.14. The van der Waals surface area contributed by atoms with Gasteiger partial charge in [0.2, 0.25) is 5.91 Å². The maximum absolute atomic E-state index is 11.1. The number of amides is 1. The normalized spacial score (nSPS) is 16.3. The standard InChI is InChI=1S/C9H18N2O4/c1-6(7(12)10-3)11-5-9(2,14)8(13)15-4/h6,11,14H,5H2,1-4H3,(H,10,12). The summed E-state index contributed by atoms with van der Waals surface area (Å²) in [6.07, 6.45) is 0. The summed E-state index contributed by atoms with van der Waals surface area (Å²) in [5.41, 5.74) is -1.63. The zero-order chi connectivity index (χ0) is 12.1. The van der Waals surface area contributed by atoms with Crippen LogP contribution in [0, 0.1) is 0 Å². The summed E-state index contributed by atoms with van der Waals surface area (Å²) in [6, 6.07) is -0.480. The number of carbonyl (C=O) groups excluding carboxylic acids is 2. The number of rotatable bonds is 5. The lowest BCUT2D eigenvalue weighted by molar-refractivity contribution is -0.160. The van der Waals surface area contributed by atoms with Gasteiger partial charge in [-0.05, 0) is 13.8 Å². The Labute approximate surface area is 89.0 Å². The van der Waals surface area contributed by atoms with Crippen LogP contribution >= 0.6 is 0 Å². The van der Waals surface area contributed by atoms with Crippen LogP contribution in [0.1, 0.15) is 13.8 Å². The summed E-state index contributed by atoms with van der Waals surface area (Å²) < 4.78 is 4.40. The first-order valence-corrected chi connectivity index (χ1v) is 4.61. The summed E-state index contributed by atoms with van der Waals surface area (Å²) in [4.78, 5) is 22.2. The van der Waals surface area contributed by atoms with Crippen molar-refractivity contribution in [3.05, 3.63) is 0 Å². The van der Waals surface area contributed by atoms with Gasteiger partial charge in [-0.3, -0.25) is 4.79 Å². The number of likely N-dealkylation sites (N-methyl/N-ethyl adjacent to an activating group) is 1. The highest BCUT2D eigenvalue weighted by Crippen LogP contribution is 2.04. The van der Waals surface area contributed by atoms with Crippen molar-refractivity contribution in [1.29, 1.82) is 0 Å². The molecule has 0 spiro atoms. The van der Waals surface area contributed by atoms with Crippen molar-refractivity contribution < 1.29 is 19.4 Å². The lowest BCUT2D eigenvalue weighted by Crippen LogP contribution is -2.51. The minimum absolute atomic E-state index is 0.0474. The van der Waals surface area contributed by atoms with E-state index < -0.39 is 17.6 Å². The van der Waals surface area contributed by atoms with Gasteiger partial charge < -0.3 is 20.5 Å². The molecular weight excluding hydrogens is 200 g/mol. The minimum atomic E-state index is -1.63. The average molecular weight is 218 g/mol. The largest absolute Gasteiger partial charge is 0.467 e. The van der Waals surface area contributed by atoms with E-state index in [1.807, 2.05) is 0 Å². The molecule has 2 atom stereocenters. The third kappa shape index (κ3) is 4.26. The van der Waals surface area contributed by atoms with Gasteiger partial charge >= 0.3 is 5.97 Å². The first-order valence-electron chi connectivity index (χ1n) is 4.61. The van der Waals surface area contributed by atoms with Gasteiger partial charge in [0.1, 0.15) is 0 Å². The molecule has 1 amide bonds. The lowest BCUT2D eigenvalue weighted by Gasteiger charge is -2.22. The Morgan fingerprint density at radius 1 is 1.53 bits per heavy atom. The molecule has 6 nitrogen and oxygen atoms in total. The number of aliphatic hydroxyl groups is 1. The fourth-order valence-corrected chi connectivity index (χ4v) is 0.953. The van der Waals surface area contributed by atoms with E-state index in [0.717, 1.165) is 0 Å². The van der Waals surface area contributed by atoms with E-state index in [2.05, 4.69) is 15.4 Å². The van der Waals surface area contributed by atoms with Gasteiger partial charge in [0, 0.05) is 13.6 Å². The van der Waals surface area contributed by atoms with Crippen LogP contribution in [0.3, 0.4) is 0 Å². The number of methoxy groups -OCH3 is 1. The molecule has 6 heteroatoms. The predicted octanol–water partition coefficient (Wildman–Crippen LogP) is -1.37. The second-order valence-corrected chi connectivity index (χ2v) is 3.48. The molecule has 88 valence electrons. The molecular formula is C9H18N2O4. The van der Waals surface area contributed by atoms with Gasteiger partial charge in [0.25, 0.3) is 0 Å². The van der Waals surface area contributed by atoms with Crippen LogP contribution < -0.4 is 10.6 Å². The predicted molar refractivity (Wildman–Crippen MR) is 54.2 cm³/mol. The van der Waals surface area contributed by atoms with Gasteiger partial charge in [-0.1, -0.05) is 0 Å². The van der Waals surface area contributed by atoms with Crippen LogP contribution in [-0.2, 0) is 14.3 Å². The highest BCUT2D eigenvalue weighted by molar-refractivity contribution is 5.81. The Morgan fingerprint density at radius 3 is 2.47 bits per heavy atom. The van der Waals surface area contributed by atoms with Crippen molar-refractivity contribution in [3.8, 4) is 0 Å². The lowest BCUT2D eigenvalue weighted by atomic mass is 10.1. The molecule has 0 aliphatic carbocycles. The van der Waals surface area contributed by atoms with Crippen LogP contribution in [0.5, 0.6) is 0 Å². The van der Waals surface area contributed by atoms with Gasteiger partial charge in [-0.15, -0.1) is 0 Å². The number of nitrogens with one attached hydrogen (secondary N) is 2. The first-order chi connectivity index (χ1) is 6.85. The van der Waals surface area contributed by atoms with Crippen molar-refractivity contribution in [1.82, 2.24) is 10.6 Å². The van der Waals surface area contributed by atoms with Crippen molar-refractivity contribution in [2.24, 2.45) is 0 Å². The smallest absolute Gasteiger partial charge is 0.338 e. The molecule has 0 aromatic heterocycles. The highest BCUT2D eigenvalue weighted by Gasteiger charge is 2.31. The summed E-state index contributed by atoms with van der Waals surface area (Å²) in [5.74, 6) is -0.949. The quantitative estimate of drug-likeness (QED) is 0.496. The van der Waals surface area contributed by atoms with E-state index in [1.165, 1.54) is 21.1 Å². The second kappa shape index (κ2) is 5.67. The van der Waals surface area contributed by atoms with Gasteiger partial charge in [-0.2, -0.15) is 0 Å². The molecule has 3 N–H and O–H groups in total. The maximum Gasteiger partial charge on any atom is 0.338 e. The molecule has 0 fully saturated rings. The Morgan fingerprint density at radius 2 is 2.07 bits per heavy atom. The topological polar surface area (TPSA) is 87.7 Å². The molecule has 0 radical (unpaired) electrons. The van der Waals surface area contributed by atoms with E-state index in [1.54, 1.807) is 6.92 Å². The van der Waals surface area contributed by atoms with Crippen molar-refractivity contribution in [3.63, 3.8) is 0 Å². The van der Waals surface area contributed by atoms with Crippen LogP contribution in [-0.4, -0.2) is 49.3 Å². The molecule has 15 heavy (non-hydrogen) atoms. The average Bonchev–Trinajstić information content (AvgIpc) is 2.23. The highest BCUT2D eigenvalue weighted by atomic mass is 16.5. The Bertz CT molecular complexity index is 240. The molecule has 0 aromatic carbocycles. The molecule has 0 saturated carbocycles. The van der Waals surface area contributed by atoms with Crippen LogP contribution in [0.2, 0.25) is 0 Å². The first kappa shape index (κ1) is 13.9. The van der Waals surface area contributed by atoms with Crippen molar-refractivity contribution >= 4 is 11.9 Å². The number of ether oxygens (including phenoxy) is 1. The maximum atomic E-state index is 11.1. The number of esters is 1. The van der Waals surface area contributed by atoms with Crippen LogP contribution in [0.25, 0.3) is 0 Å². The van der Waals surface area contributed by atoms with Crippen LogP contribution in [0.4, 0.5) is 0 Å². The molecule has 0 saturated heterocycles. The summed E-state index contributed by atoms with van der Waals surface area (Å²) in [6.45, 7) is 2.91. The third-order valence-corrected chi connectivity index (χ3v) is 2.02. The van der Waals surface area contributed by atoms with Gasteiger partial charge in [0.15, 0.2) is 5.60 Å². The monoisotopic (exact) mass is 218 g/mol. The summed E-state index contributed by atoms with van der Waals surface area (Å²) >= 11 is 0. The molecule has 2 unspecified atom stereocenters. The molecule has 0 rings (SSSR count). The minimum Gasteiger partial charge on any atom is -0.467 e. The van der Waals surface area contributed by atoms with Crippen LogP contribution in [0.15, 0.2) is 0 Å². The van der Waals surface area contributed by atoms with E-state index in [9.17, 15) is 14.7 Å². The molecule has 0 heterocycles. The number of carbonyl (C=O) groups is 2. The Kier molecular flexibility index (Phi) is 5.24. The zero-order valence-electron chi connectivity index (χ0n) is 9.46. The molecule has 0 aliphatic heterocycles. The molecule has 0 aliphatic rings. The summed E-state index contributed by atoms with van der Waals surface area (Å²) in [5, 5.41) is 14.8. The fourth-order valence-electron chi connectivity index (χ4n) is 0.953. The fraction of sp³-hybridized carbons (Fsp3) is 0.778. The van der Waals surface area contributed by atoms with E-state index in [0.29, 0.717) is 0 Å². The SMILES string of the molecule is CNC(=O)C(C)NCC(C)(O)C(=O)OC. The third-order valence-electron chi connectivity index (χ3n) is 2.02. The van der Waals surface area contributed by atoms with Crippen molar-refractivity contribution in [2.45, 2.75) is 25.5 Å². The summed E-state index contributed by atoms with van der Waals surface area (Å²) in [7, 11) is 2.71. The molecule has 0 aromatic rings. The number of hydrogen-bond acceptors (Lipinski definition) is 5. The molecule has 0 bridgehead atoms. The van der Waals surface area contributed by atoms with E-state index >= 15 is 0 Å².